The average Bonchev–Trinajstić information content (AvgIpc) is 3.33. The van der Waals surface area contributed by atoms with Crippen molar-refractivity contribution in [1.82, 2.24) is 0 Å². The Balaban J connectivity index is 1.60. The molecule has 3 aromatic rings. The zero-order chi connectivity index (χ0) is 18.7. The topological polar surface area (TPSA) is 0 Å². The largest absolute Gasteiger partial charge is 0.149 e. The summed E-state index contributed by atoms with van der Waals surface area (Å²) in [4.78, 5) is 7.71. The van der Waals surface area contributed by atoms with E-state index < -0.39 is 0 Å². The Labute approximate surface area is 170 Å². The Hall–Kier alpha value is -0.900. The Bertz CT molecular complexity index is 805. The lowest BCUT2D eigenvalue weighted by molar-refractivity contribution is 0.692. The summed E-state index contributed by atoms with van der Waals surface area (Å²) in [6.45, 7) is 11.6. The Kier molecular flexibility index (Phi) is 6.76. The van der Waals surface area contributed by atoms with Gasteiger partial charge < -0.3 is 0 Å². The number of rotatable bonds is 8. The smallest absolute Gasteiger partial charge is 0.0106 e. The lowest BCUT2D eigenvalue weighted by atomic mass is 10.00. The van der Waals surface area contributed by atoms with E-state index in [1.165, 1.54) is 34.6 Å². The minimum atomic E-state index is 0.622. The minimum Gasteiger partial charge on any atom is -0.149 e. The molecule has 0 saturated heterocycles. The van der Waals surface area contributed by atoms with Crippen LogP contribution >= 0.6 is 34.0 Å². The van der Waals surface area contributed by atoms with Crippen LogP contribution in [-0.2, 0) is 12.8 Å². The highest BCUT2D eigenvalue weighted by Gasteiger charge is 2.16. The van der Waals surface area contributed by atoms with Crippen molar-refractivity contribution in [2.75, 3.05) is 0 Å². The van der Waals surface area contributed by atoms with E-state index in [-0.39, 0.29) is 0 Å². The van der Waals surface area contributed by atoms with Crippen LogP contribution < -0.4 is 0 Å². The SMILES string of the molecule is Cc1cc(CC(C)c2cccs2)sc1C(C)CCc1ccc(C(C)C)s1. The van der Waals surface area contributed by atoms with Crippen LogP contribution in [0.3, 0.4) is 0 Å². The lowest BCUT2D eigenvalue weighted by Gasteiger charge is -2.10. The zero-order valence-electron chi connectivity index (χ0n) is 16.5. The predicted molar refractivity (Wildman–Crippen MR) is 121 cm³/mol. The van der Waals surface area contributed by atoms with E-state index >= 15 is 0 Å². The first-order chi connectivity index (χ1) is 12.4. The van der Waals surface area contributed by atoms with Gasteiger partial charge in [-0.25, -0.2) is 0 Å². The van der Waals surface area contributed by atoms with E-state index in [0.29, 0.717) is 17.8 Å². The van der Waals surface area contributed by atoms with E-state index in [0.717, 1.165) is 0 Å². The molecule has 3 heterocycles. The molecule has 3 rings (SSSR count). The van der Waals surface area contributed by atoms with Gasteiger partial charge in [0.1, 0.15) is 0 Å². The number of aryl methyl sites for hydroxylation is 2. The van der Waals surface area contributed by atoms with Crippen LogP contribution in [0.5, 0.6) is 0 Å². The van der Waals surface area contributed by atoms with Gasteiger partial charge in [-0.3, -0.25) is 0 Å². The van der Waals surface area contributed by atoms with E-state index in [1.807, 2.05) is 34.0 Å². The van der Waals surface area contributed by atoms with Crippen molar-refractivity contribution in [2.45, 2.75) is 71.6 Å². The third kappa shape index (κ3) is 4.88. The van der Waals surface area contributed by atoms with Crippen molar-refractivity contribution in [3.63, 3.8) is 0 Å². The van der Waals surface area contributed by atoms with E-state index in [4.69, 9.17) is 0 Å². The minimum absolute atomic E-state index is 0.622. The first-order valence-electron chi connectivity index (χ1n) is 9.65. The van der Waals surface area contributed by atoms with Crippen LogP contribution in [0.1, 0.15) is 81.8 Å². The maximum atomic E-state index is 2.43. The predicted octanol–water partition coefficient (Wildman–Crippen LogP) is 8.39. The molecule has 0 saturated carbocycles. The monoisotopic (exact) mass is 402 g/mol. The fourth-order valence-electron chi connectivity index (χ4n) is 3.46. The van der Waals surface area contributed by atoms with Crippen molar-refractivity contribution in [3.05, 3.63) is 65.7 Å². The van der Waals surface area contributed by atoms with Crippen molar-refractivity contribution in [2.24, 2.45) is 0 Å². The molecule has 2 unspecified atom stereocenters. The van der Waals surface area contributed by atoms with Crippen molar-refractivity contribution in [1.29, 1.82) is 0 Å². The van der Waals surface area contributed by atoms with Crippen molar-refractivity contribution in [3.8, 4) is 0 Å². The fraction of sp³-hybridized carbons (Fsp3) is 0.478. The summed E-state index contributed by atoms with van der Waals surface area (Å²) in [5, 5.41) is 2.19. The maximum Gasteiger partial charge on any atom is 0.0106 e. The highest BCUT2D eigenvalue weighted by Crippen LogP contribution is 2.35. The quantitative estimate of drug-likeness (QED) is 0.355. The first-order valence-corrected chi connectivity index (χ1v) is 12.2. The van der Waals surface area contributed by atoms with Gasteiger partial charge >= 0.3 is 0 Å². The van der Waals surface area contributed by atoms with E-state index in [1.54, 1.807) is 14.6 Å². The van der Waals surface area contributed by atoms with Gasteiger partial charge in [0.2, 0.25) is 0 Å². The molecule has 0 amide bonds. The summed E-state index contributed by atoms with van der Waals surface area (Å²) >= 11 is 5.93. The van der Waals surface area contributed by atoms with Crippen LogP contribution in [0.2, 0.25) is 0 Å². The average molecular weight is 403 g/mol. The molecule has 26 heavy (non-hydrogen) atoms. The van der Waals surface area contributed by atoms with Gasteiger partial charge in [-0.05, 0) is 79.1 Å². The molecular formula is C23H30S3. The Morgan fingerprint density at radius 1 is 0.885 bits per heavy atom. The fourth-order valence-corrected chi connectivity index (χ4v) is 6.66. The van der Waals surface area contributed by atoms with Gasteiger partial charge in [-0.2, -0.15) is 0 Å². The molecule has 0 aliphatic rings. The van der Waals surface area contributed by atoms with Gasteiger partial charge in [0, 0.05) is 24.4 Å². The Morgan fingerprint density at radius 2 is 1.69 bits per heavy atom. The second kappa shape index (κ2) is 8.86. The van der Waals surface area contributed by atoms with Crippen molar-refractivity contribution >= 4 is 34.0 Å². The maximum absolute atomic E-state index is 2.43. The molecule has 0 fully saturated rings. The van der Waals surface area contributed by atoms with E-state index in [9.17, 15) is 0 Å². The summed E-state index contributed by atoms with van der Waals surface area (Å²) in [6, 6.07) is 11.5. The highest BCUT2D eigenvalue weighted by molar-refractivity contribution is 7.12. The van der Waals surface area contributed by atoms with Crippen LogP contribution in [-0.4, -0.2) is 0 Å². The molecule has 0 bridgehead atoms. The van der Waals surface area contributed by atoms with Gasteiger partial charge in [-0.1, -0.05) is 33.8 Å². The molecule has 140 valence electrons. The van der Waals surface area contributed by atoms with Gasteiger partial charge in [0.15, 0.2) is 0 Å². The zero-order valence-corrected chi connectivity index (χ0v) is 19.0. The second-order valence-electron chi connectivity index (χ2n) is 7.78. The number of hydrogen-bond acceptors (Lipinski definition) is 3. The molecule has 0 aromatic carbocycles. The van der Waals surface area contributed by atoms with Crippen LogP contribution in [0, 0.1) is 6.92 Å². The van der Waals surface area contributed by atoms with Crippen molar-refractivity contribution < 1.29 is 0 Å². The molecule has 0 nitrogen and oxygen atoms in total. The van der Waals surface area contributed by atoms with Gasteiger partial charge in [0.25, 0.3) is 0 Å². The summed E-state index contributed by atoms with van der Waals surface area (Å²) < 4.78 is 0. The Morgan fingerprint density at radius 3 is 2.35 bits per heavy atom. The molecule has 0 aliphatic carbocycles. The summed E-state index contributed by atoms with van der Waals surface area (Å²) in [7, 11) is 0. The van der Waals surface area contributed by atoms with Crippen LogP contribution in [0.15, 0.2) is 35.7 Å². The molecule has 0 spiro atoms. The van der Waals surface area contributed by atoms with Gasteiger partial charge in [-0.15, -0.1) is 34.0 Å². The summed E-state index contributed by atoms with van der Waals surface area (Å²) in [5.41, 5.74) is 1.49. The molecular weight excluding hydrogens is 372 g/mol. The first kappa shape index (κ1) is 19.9. The third-order valence-electron chi connectivity index (χ3n) is 5.07. The molecule has 3 aromatic heterocycles. The summed E-state index contributed by atoms with van der Waals surface area (Å²) in [6.07, 6.45) is 3.62. The highest BCUT2D eigenvalue weighted by atomic mass is 32.1. The standard InChI is InChI=1S/C23H30S3/c1-15(2)21-11-10-19(25-21)9-8-16(3)23-18(5)14-20(26-23)13-17(4)22-7-6-12-24-22/h6-7,10-12,14-17H,8-9,13H2,1-5H3. The second-order valence-corrected chi connectivity index (χ2v) is 11.1. The normalized spacial score (nSPS) is 14.1. The van der Waals surface area contributed by atoms with Crippen LogP contribution in [0.25, 0.3) is 0 Å². The molecule has 2 atom stereocenters. The lowest BCUT2D eigenvalue weighted by Crippen LogP contribution is -1.94. The molecule has 3 heteroatoms. The molecule has 0 aliphatic heterocycles. The third-order valence-corrected chi connectivity index (χ3v) is 9.11. The molecule has 0 N–H and O–H groups in total. The number of hydrogen-bond donors (Lipinski definition) is 0. The van der Waals surface area contributed by atoms with E-state index in [2.05, 4.69) is 70.3 Å². The van der Waals surface area contributed by atoms with Crippen LogP contribution in [0.4, 0.5) is 0 Å². The number of thiophene rings is 3. The summed E-state index contributed by atoms with van der Waals surface area (Å²) in [5.74, 6) is 1.92. The molecule has 0 radical (unpaired) electrons. The van der Waals surface area contributed by atoms with Gasteiger partial charge in [0.05, 0.1) is 0 Å².